The van der Waals surface area contributed by atoms with Crippen LogP contribution in [0.4, 0.5) is 5.69 Å². The predicted octanol–water partition coefficient (Wildman–Crippen LogP) is 4.09. The molecule has 0 atom stereocenters. The van der Waals surface area contributed by atoms with Gasteiger partial charge in [0.15, 0.2) is 0 Å². The molecule has 182 valence electrons. The number of nitriles is 1. The number of fused-ring (bicyclic) bond motifs is 1. The third-order valence-corrected chi connectivity index (χ3v) is 8.40. The van der Waals surface area contributed by atoms with Gasteiger partial charge in [-0.2, -0.15) is 5.26 Å². The zero-order valence-corrected chi connectivity index (χ0v) is 21.5. The van der Waals surface area contributed by atoms with E-state index < -0.39 is 9.84 Å². The first-order valence-corrected chi connectivity index (χ1v) is 13.1. The molecule has 0 saturated heterocycles. The van der Waals surface area contributed by atoms with E-state index in [2.05, 4.69) is 18.0 Å². The zero-order chi connectivity index (χ0) is 25.2. The number of nitrogens with zero attached hydrogens (tertiary/aromatic N) is 3. The van der Waals surface area contributed by atoms with Crippen molar-refractivity contribution in [2.75, 3.05) is 46.2 Å². The first-order chi connectivity index (χ1) is 16.7. The number of hydrogen-bond donors (Lipinski definition) is 0. The number of rotatable bonds is 6. The molecule has 0 aromatic heterocycles. The van der Waals surface area contributed by atoms with Gasteiger partial charge in [0.25, 0.3) is 0 Å². The third-order valence-electron chi connectivity index (χ3n) is 6.60. The van der Waals surface area contributed by atoms with Crippen LogP contribution in [0.5, 0.6) is 5.75 Å². The van der Waals surface area contributed by atoms with Gasteiger partial charge in [0.2, 0.25) is 9.84 Å². The van der Waals surface area contributed by atoms with E-state index >= 15 is 0 Å². The second kappa shape index (κ2) is 10.1. The van der Waals surface area contributed by atoms with Gasteiger partial charge < -0.3 is 14.5 Å². The normalized spacial score (nSPS) is 14.0. The molecule has 0 bridgehead atoms. The lowest BCUT2D eigenvalue weighted by Crippen LogP contribution is -2.20. The Morgan fingerprint density at radius 2 is 1.60 bits per heavy atom. The summed E-state index contributed by atoms with van der Waals surface area (Å²) in [6.07, 6.45) is 2.35. The minimum atomic E-state index is -3.70. The molecule has 0 amide bonds. The monoisotopic (exact) mass is 489 g/mol. The fourth-order valence-electron chi connectivity index (χ4n) is 4.52. The molecule has 1 aliphatic rings. The van der Waals surface area contributed by atoms with Crippen LogP contribution in [0.25, 0.3) is 0 Å². The smallest absolute Gasteiger partial charge is 0.208 e. The Morgan fingerprint density at radius 3 is 2.20 bits per heavy atom. The van der Waals surface area contributed by atoms with Gasteiger partial charge >= 0.3 is 0 Å². The molecule has 3 aromatic carbocycles. The highest BCUT2D eigenvalue weighted by Crippen LogP contribution is 2.34. The van der Waals surface area contributed by atoms with E-state index in [0.29, 0.717) is 22.6 Å². The molecule has 1 heterocycles. The Labute approximate surface area is 208 Å². The van der Waals surface area contributed by atoms with Crippen molar-refractivity contribution in [2.45, 2.75) is 29.1 Å². The molecule has 7 heteroatoms. The molecule has 0 radical (unpaired) electrons. The number of sulfone groups is 1. The fraction of sp³-hybridized carbons (Fsp3) is 0.321. The summed E-state index contributed by atoms with van der Waals surface area (Å²) in [7, 11) is 3.72. The summed E-state index contributed by atoms with van der Waals surface area (Å²) in [5, 5.41) is 9.34. The zero-order valence-electron chi connectivity index (χ0n) is 20.7. The lowest BCUT2D eigenvalue weighted by molar-refractivity contribution is 0.352. The first-order valence-electron chi connectivity index (χ1n) is 11.7. The highest BCUT2D eigenvalue weighted by molar-refractivity contribution is 7.91. The highest BCUT2D eigenvalue weighted by Gasteiger charge is 2.25. The molecule has 0 aliphatic carbocycles. The summed E-state index contributed by atoms with van der Waals surface area (Å²) in [5.41, 5.74) is 5.47. The van der Waals surface area contributed by atoms with Crippen molar-refractivity contribution < 1.29 is 13.2 Å². The molecule has 4 rings (SSSR count). The Morgan fingerprint density at radius 1 is 0.971 bits per heavy atom. The maximum atomic E-state index is 13.7. The molecule has 0 saturated carbocycles. The summed E-state index contributed by atoms with van der Waals surface area (Å²) in [5.74, 6) is 0.543. The summed E-state index contributed by atoms with van der Waals surface area (Å²) >= 11 is 0. The second-order valence-electron chi connectivity index (χ2n) is 9.26. The average Bonchev–Trinajstić information content (AvgIpc) is 3.04. The van der Waals surface area contributed by atoms with Crippen LogP contribution in [0.3, 0.4) is 0 Å². The van der Waals surface area contributed by atoms with Crippen molar-refractivity contribution in [3.63, 3.8) is 0 Å². The van der Waals surface area contributed by atoms with E-state index in [-0.39, 0.29) is 4.90 Å². The predicted molar refractivity (Wildman–Crippen MR) is 138 cm³/mol. The van der Waals surface area contributed by atoms with Crippen LogP contribution < -0.4 is 9.64 Å². The topological polar surface area (TPSA) is 73.6 Å². The molecule has 0 unspecified atom stereocenters. The number of methoxy groups -OCH3 is 1. The fourth-order valence-corrected chi connectivity index (χ4v) is 6.08. The molecule has 0 spiro atoms. The summed E-state index contributed by atoms with van der Waals surface area (Å²) in [4.78, 5) is 4.80. The van der Waals surface area contributed by atoms with E-state index in [1.807, 2.05) is 49.3 Å². The number of hydrogen-bond acceptors (Lipinski definition) is 6. The molecule has 35 heavy (non-hydrogen) atoms. The third kappa shape index (κ3) is 5.19. The molecular weight excluding hydrogens is 458 g/mol. The number of ether oxygens (including phenoxy) is 1. The standard InChI is InChI=1S/C28H31N3O3S/c1-30(2)26-17-22-11-13-31(3)14-12-23(22)18-28(26)35(32,33)25-8-5-20(6-9-25)15-21-7-10-27(34-4)24(16-21)19-29/h5-10,16-18H,11-15H2,1-4H3. The lowest BCUT2D eigenvalue weighted by Gasteiger charge is -2.21. The first kappa shape index (κ1) is 24.8. The van der Waals surface area contributed by atoms with Crippen molar-refractivity contribution in [3.8, 4) is 11.8 Å². The Kier molecular flexibility index (Phi) is 7.15. The van der Waals surface area contributed by atoms with Gasteiger partial charge in [0.1, 0.15) is 11.8 Å². The number of likely N-dealkylation sites (N-methyl/N-ethyl adjacent to an activating group) is 1. The van der Waals surface area contributed by atoms with Crippen LogP contribution in [-0.4, -0.2) is 54.7 Å². The Balaban J connectivity index is 1.65. The van der Waals surface area contributed by atoms with Crippen molar-refractivity contribution in [1.82, 2.24) is 4.90 Å². The van der Waals surface area contributed by atoms with E-state index in [1.165, 1.54) is 5.56 Å². The van der Waals surface area contributed by atoms with Crippen LogP contribution in [0.15, 0.2) is 64.4 Å². The van der Waals surface area contributed by atoms with Gasteiger partial charge in [0.05, 0.1) is 28.2 Å². The Hall–Kier alpha value is -3.34. The van der Waals surface area contributed by atoms with Crippen LogP contribution in [0.1, 0.15) is 27.8 Å². The number of anilines is 1. The van der Waals surface area contributed by atoms with Crippen molar-refractivity contribution in [1.29, 1.82) is 5.26 Å². The van der Waals surface area contributed by atoms with E-state index in [4.69, 9.17) is 4.74 Å². The van der Waals surface area contributed by atoms with Crippen LogP contribution in [0, 0.1) is 11.3 Å². The molecular formula is C28H31N3O3S. The summed E-state index contributed by atoms with van der Waals surface area (Å²) in [6.45, 7) is 1.89. The second-order valence-corrected chi connectivity index (χ2v) is 11.2. The van der Waals surface area contributed by atoms with Gasteiger partial charge in [-0.15, -0.1) is 0 Å². The largest absolute Gasteiger partial charge is 0.495 e. The lowest BCUT2D eigenvalue weighted by atomic mass is 10.0. The van der Waals surface area contributed by atoms with Crippen molar-refractivity contribution in [2.24, 2.45) is 0 Å². The number of benzene rings is 3. The molecule has 0 N–H and O–H groups in total. The minimum Gasteiger partial charge on any atom is -0.495 e. The highest BCUT2D eigenvalue weighted by atomic mass is 32.2. The summed E-state index contributed by atoms with van der Waals surface area (Å²) < 4.78 is 32.7. The van der Waals surface area contributed by atoms with Gasteiger partial charge in [0, 0.05) is 27.2 Å². The maximum Gasteiger partial charge on any atom is 0.208 e. The van der Waals surface area contributed by atoms with Gasteiger partial charge in [-0.25, -0.2) is 8.42 Å². The van der Waals surface area contributed by atoms with E-state index in [0.717, 1.165) is 48.3 Å². The molecule has 1 aliphatic heterocycles. The van der Waals surface area contributed by atoms with Crippen molar-refractivity contribution >= 4 is 15.5 Å². The van der Waals surface area contributed by atoms with Crippen LogP contribution >= 0.6 is 0 Å². The van der Waals surface area contributed by atoms with E-state index in [1.54, 1.807) is 31.4 Å². The van der Waals surface area contributed by atoms with Gasteiger partial charge in [-0.1, -0.05) is 18.2 Å². The van der Waals surface area contributed by atoms with Crippen LogP contribution in [-0.2, 0) is 29.1 Å². The van der Waals surface area contributed by atoms with Gasteiger partial charge in [-0.05, 0) is 85.0 Å². The quantitative estimate of drug-likeness (QED) is 0.519. The SMILES string of the molecule is COc1ccc(Cc2ccc(S(=O)(=O)c3cc4c(cc3N(C)C)CCN(C)CC4)cc2)cc1C#N. The van der Waals surface area contributed by atoms with Crippen LogP contribution in [0.2, 0.25) is 0 Å². The van der Waals surface area contributed by atoms with E-state index in [9.17, 15) is 13.7 Å². The minimum absolute atomic E-state index is 0.280. The van der Waals surface area contributed by atoms with Crippen molar-refractivity contribution in [3.05, 3.63) is 82.4 Å². The molecule has 6 nitrogen and oxygen atoms in total. The molecule has 3 aromatic rings. The Bertz CT molecular complexity index is 1370. The summed E-state index contributed by atoms with van der Waals surface area (Å²) in [6, 6.07) is 18.6. The van der Waals surface area contributed by atoms with Gasteiger partial charge in [-0.3, -0.25) is 0 Å². The average molecular weight is 490 g/mol. The molecule has 0 fully saturated rings. The maximum absolute atomic E-state index is 13.7.